The molecule has 0 aliphatic rings. The minimum atomic E-state index is -0.446. The molecular formula is C15H15N3O. The Bertz CT molecular complexity index is 630. The van der Waals surface area contributed by atoms with Crippen molar-refractivity contribution in [1.29, 1.82) is 0 Å². The number of carbonyl (C=O) groups is 1. The van der Waals surface area contributed by atoms with Crippen molar-refractivity contribution in [3.05, 3.63) is 59.2 Å². The molecule has 0 fully saturated rings. The third kappa shape index (κ3) is 3.25. The first-order valence-corrected chi connectivity index (χ1v) is 5.95. The fourth-order valence-electron chi connectivity index (χ4n) is 1.72. The van der Waals surface area contributed by atoms with Gasteiger partial charge in [-0.15, -0.1) is 0 Å². The van der Waals surface area contributed by atoms with Crippen LogP contribution in [0.3, 0.4) is 0 Å². The quantitative estimate of drug-likeness (QED) is 0.830. The summed E-state index contributed by atoms with van der Waals surface area (Å²) in [5.74, 6) is -0.446. The third-order valence-corrected chi connectivity index (χ3v) is 2.78. The first-order valence-electron chi connectivity index (χ1n) is 5.95. The van der Waals surface area contributed by atoms with Crippen LogP contribution in [-0.2, 0) is 0 Å². The molecule has 0 atom stereocenters. The van der Waals surface area contributed by atoms with Crippen LogP contribution >= 0.6 is 0 Å². The van der Waals surface area contributed by atoms with Crippen molar-refractivity contribution >= 4 is 17.3 Å². The SMILES string of the molecule is Cc1ccc(N=Nc2ccc(C(N)=O)cc2)c(C)c1. The Kier molecular flexibility index (Phi) is 3.71. The van der Waals surface area contributed by atoms with E-state index in [2.05, 4.69) is 16.3 Å². The summed E-state index contributed by atoms with van der Waals surface area (Å²) in [7, 11) is 0. The van der Waals surface area contributed by atoms with Crippen molar-refractivity contribution in [2.24, 2.45) is 16.0 Å². The number of primary amides is 1. The number of nitrogens with two attached hydrogens (primary N) is 1. The molecule has 0 unspecified atom stereocenters. The van der Waals surface area contributed by atoms with E-state index in [0.717, 1.165) is 11.3 Å². The van der Waals surface area contributed by atoms with Crippen LogP contribution in [0.4, 0.5) is 11.4 Å². The van der Waals surface area contributed by atoms with Crippen LogP contribution in [0.2, 0.25) is 0 Å². The lowest BCUT2D eigenvalue weighted by Crippen LogP contribution is -2.10. The van der Waals surface area contributed by atoms with Gasteiger partial charge in [0.1, 0.15) is 0 Å². The molecule has 4 heteroatoms. The van der Waals surface area contributed by atoms with Gasteiger partial charge in [-0.25, -0.2) is 0 Å². The van der Waals surface area contributed by atoms with Gasteiger partial charge in [0.2, 0.25) is 5.91 Å². The minimum absolute atomic E-state index is 0.446. The molecule has 0 aliphatic carbocycles. The molecule has 0 heterocycles. The Morgan fingerprint density at radius 2 is 1.68 bits per heavy atom. The second kappa shape index (κ2) is 5.44. The van der Waals surface area contributed by atoms with Gasteiger partial charge < -0.3 is 5.73 Å². The summed E-state index contributed by atoms with van der Waals surface area (Å²) in [5.41, 5.74) is 9.43. The van der Waals surface area contributed by atoms with Gasteiger partial charge in [0.25, 0.3) is 0 Å². The summed E-state index contributed by atoms with van der Waals surface area (Å²) < 4.78 is 0. The van der Waals surface area contributed by atoms with Gasteiger partial charge in [0.15, 0.2) is 0 Å². The number of hydrogen-bond acceptors (Lipinski definition) is 3. The largest absolute Gasteiger partial charge is 0.366 e. The summed E-state index contributed by atoms with van der Waals surface area (Å²) in [6, 6.07) is 12.7. The van der Waals surface area contributed by atoms with Crippen LogP contribution < -0.4 is 5.73 Å². The van der Waals surface area contributed by atoms with Crippen molar-refractivity contribution in [1.82, 2.24) is 0 Å². The maximum atomic E-state index is 10.9. The lowest BCUT2D eigenvalue weighted by molar-refractivity contribution is 0.100. The highest BCUT2D eigenvalue weighted by molar-refractivity contribution is 5.92. The maximum absolute atomic E-state index is 10.9. The summed E-state index contributed by atoms with van der Waals surface area (Å²) >= 11 is 0. The van der Waals surface area contributed by atoms with Gasteiger partial charge in [0, 0.05) is 5.56 Å². The number of aryl methyl sites for hydroxylation is 2. The van der Waals surface area contributed by atoms with E-state index in [1.807, 2.05) is 26.0 Å². The summed E-state index contributed by atoms with van der Waals surface area (Å²) in [6.45, 7) is 4.04. The fourth-order valence-corrected chi connectivity index (χ4v) is 1.72. The van der Waals surface area contributed by atoms with Gasteiger partial charge >= 0.3 is 0 Å². The molecule has 19 heavy (non-hydrogen) atoms. The van der Waals surface area contributed by atoms with Crippen LogP contribution in [0.15, 0.2) is 52.7 Å². The standard InChI is InChI=1S/C15H15N3O/c1-10-3-8-14(11(2)9-10)18-17-13-6-4-12(5-7-13)15(16)19/h3-9H,1-2H3,(H2,16,19). The maximum Gasteiger partial charge on any atom is 0.248 e. The van der Waals surface area contributed by atoms with E-state index in [9.17, 15) is 4.79 Å². The van der Waals surface area contributed by atoms with E-state index in [0.29, 0.717) is 11.3 Å². The molecule has 2 N–H and O–H groups in total. The Morgan fingerprint density at radius 1 is 1.00 bits per heavy atom. The van der Waals surface area contributed by atoms with Gasteiger partial charge in [-0.2, -0.15) is 10.2 Å². The summed E-state index contributed by atoms with van der Waals surface area (Å²) in [6.07, 6.45) is 0. The summed E-state index contributed by atoms with van der Waals surface area (Å²) in [5, 5.41) is 8.34. The number of hydrogen-bond donors (Lipinski definition) is 1. The average Bonchev–Trinajstić information content (AvgIpc) is 2.38. The highest BCUT2D eigenvalue weighted by Gasteiger charge is 1.99. The molecule has 2 aromatic carbocycles. The molecule has 2 rings (SSSR count). The molecule has 4 nitrogen and oxygen atoms in total. The average molecular weight is 253 g/mol. The molecule has 1 amide bonds. The van der Waals surface area contributed by atoms with Gasteiger partial charge in [-0.1, -0.05) is 17.7 Å². The van der Waals surface area contributed by atoms with E-state index in [-0.39, 0.29) is 0 Å². The van der Waals surface area contributed by atoms with E-state index in [4.69, 9.17) is 5.73 Å². The Balaban J connectivity index is 2.20. The zero-order valence-corrected chi connectivity index (χ0v) is 10.9. The smallest absolute Gasteiger partial charge is 0.248 e. The first kappa shape index (κ1) is 13.0. The zero-order chi connectivity index (χ0) is 13.8. The van der Waals surface area contributed by atoms with Crippen molar-refractivity contribution in [2.45, 2.75) is 13.8 Å². The van der Waals surface area contributed by atoms with E-state index >= 15 is 0 Å². The van der Waals surface area contributed by atoms with Crippen molar-refractivity contribution < 1.29 is 4.79 Å². The second-order valence-corrected chi connectivity index (χ2v) is 4.40. The van der Waals surface area contributed by atoms with Crippen LogP contribution in [-0.4, -0.2) is 5.91 Å². The predicted molar refractivity (Wildman–Crippen MR) is 75.1 cm³/mol. The highest BCUT2D eigenvalue weighted by Crippen LogP contribution is 2.22. The van der Waals surface area contributed by atoms with E-state index in [1.165, 1.54) is 5.56 Å². The molecule has 0 saturated heterocycles. The predicted octanol–water partition coefficient (Wildman–Crippen LogP) is 3.82. The number of carbonyl (C=O) groups excluding carboxylic acids is 1. The van der Waals surface area contributed by atoms with E-state index < -0.39 is 5.91 Å². The van der Waals surface area contributed by atoms with Crippen LogP contribution in [0.1, 0.15) is 21.5 Å². The monoisotopic (exact) mass is 253 g/mol. The lowest BCUT2D eigenvalue weighted by Gasteiger charge is -2.00. The van der Waals surface area contributed by atoms with Gasteiger partial charge in [0.05, 0.1) is 11.4 Å². The topological polar surface area (TPSA) is 67.8 Å². The fraction of sp³-hybridized carbons (Fsp3) is 0.133. The first-order chi connectivity index (χ1) is 9.06. The highest BCUT2D eigenvalue weighted by atomic mass is 16.1. The molecule has 0 spiro atoms. The molecule has 0 aliphatic heterocycles. The summed E-state index contributed by atoms with van der Waals surface area (Å²) in [4.78, 5) is 10.9. The number of benzene rings is 2. The normalized spacial score (nSPS) is 10.8. The van der Waals surface area contributed by atoms with Crippen LogP contribution in [0.25, 0.3) is 0 Å². The molecule has 0 aromatic heterocycles. The van der Waals surface area contributed by atoms with Crippen molar-refractivity contribution in [3.63, 3.8) is 0 Å². The molecule has 96 valence electrons. The molecule has 0 radical (unpaired) electrons. The number of nitrogens with zero attached hydrogens (tertiary/aromatic N) is 2. The molecule has 2 aromatic rings. The Morgan fingerprint density at radius 3 is 2.26 bits per heavy atom. The zero-order valence-electron chi connectivity index (χ0n) is 10.9. The van der Waals surface area contributed by atoms with Crippen molar-refractivity contribution in [3.8, 4) is 0 Å². The van der Waals surface area contributed by atoms with Crippen LogP contribution in [0.5, 0.6) is 0 Å². The van der Waals surface area contributed by atoms with Crippen LogP contribution in [0, 0.1) is 13.8 Å². The number of azo groups is 1. The Labute approximate surface area is 112 Å². The Hall–Kier alpha value is -2.49. The minimum Gasteiger partial charge on any atom is -0.366 e. The molecule has 0 saturated carbocycles. The van der Waals surface area contributed by atoms with Gasteiger partial charge in [-0.3, -0.25) is 4.79 Å². The molecular weight excluding hydrogens is 238 g/mol. The third-order valence-electron chi connectivity index (χ3n) is 2.78. The number of amides is 1. The second-order valence-electron chi connectivity index (χ2n) is 4.40. The van der Waals surface area contributed by atoms with E-state index in [1.54, 1.807) is 24.3 Å². The van der Waals surface area contributed by atoms with Crippen molar-refractivity contribution in [2.75, 3.05) is 0 Å². The molecule has 0 bridgehead atoms. The lowest BCUT2D eigenvalue weighted by atomic mass is 10.1. The van der Waals surface area contributed by atoms with Gasteiger partial charge in [-0.05, 0) is 49.7 Å². The number of rotatable bonds is 3.